The molecule has 1 aliphatic carbocycles. The topological polar surface area (TPSA) is 32.3 Å². The SMILES string of the molecule is O=C(NC1CCN(C2CC2)C1)c1csc(Br)c1. The van der Waals surface area contributed by atoms with Gasteiger partial charge in [-0.15, -0.1) is 11.3 Å². The van der Waals surface area contributed by atoms with E-state index in [0.717, 1.165) is 34.9 Å². The molecule has 1 aromatic rings. The van der Waals surface area contributed by atoms with E-state index in [1.54, 1.807) is 11.3 Å². The summed E-state index contributed by atoms with van der Waals surface area (Å²) in [7, 11) is 0. The molecular formula is C12H15BrN2OS. The van der Waals surface area contributed by atoms with E-state index in [1.807, 2.05) is 11.4 Å². The molecular weight excluding hydrogens is 300 g/mol. The molecule has 2 aliphatic rings. The smallest absolute Gasteiger partial charge is 0.252 e. The Morgan fingerprint density at radius 1 is 1.47 bits per heavy atom. The maximum Gasteiger partial charge on any atom is 0.252 e. The standard InChI is InChI=1S/C12H15BrN2OS/c13-11-5-8(7-17-11)12(16)14-9-3-4-15(6-9)10-1-2-10/h5,7,9-10H,1-4,6H2,(H,14,16). The largest absolute Gasteiger partial charge is 0.348 e. The van der Waals surface area contributed by atoms with Gasteiger partial charge in [0.2, 0.25) is 0 Å². The van der Waals surface area contributed by atoms with E-state index in [-0.39, 0.29) is 5.91 Å². The maximum absolute atomic E-state index is 12.0. The predicted octanol–water partition coefficient (Wildman–Crippen LogP) is 2.48. The molecule has 2 heterocycles. The summed E-state index contributed by atoms with van der Waals surface area (Å²) in [5, 5.41) is 5.02. The first kappa shape index (κ1) is 11.7. The Bertz CT molecular complexity index is 430. The Morgan fingerprint density at radius 2 is 2.29 bits per heavy atom. The van der Waals surface area contributed by atoms with Crippen LogP contribution in [-0.4, -0.2) is 36.0 Å². The van der Waals surface area contributed by atoms with Gasteiger partial charge in [-0.3, -0.25) is 9.69 Å². The molecule has 0 radical (unpaired) electrons. The lowest BCUT2D eigenvalue weighted by Gasteiger charge is -2.15. The first-order valence-electron chi connectivity index (χ1n) is 6.01. The summed E-state index contributed by atoms with van der Waals surface area (Å²) in [6, 6.07) is 3.03. The predicted molar refractivity (Wildman–Crippen MR) is 72.5 cm³/mol. The monoisotopic (exact) mass is 314 g/mol. The zero-order valence-electron chi connectivity index (χ0n) is 9.49. The molecule has 1 aromatic heterocycles. The number of nitrogens with one attached hydrogen (secondary N) is 1. The fourth-order valence-electron chi connectivity index (χ4n) is 2.37. The molecule has 0 spiro atoms. The van der Waals surface area contributed by atoms with Crippen molar-refractivity contribution in [3.8, 4) is 0 Å². The first-order valence-corrected chi connectivity index (χ1v) is 7.68. The van der Waals surface area contributed by atoms with Gasteiger partial charge in [-0.05, 0) is 41.3 Å². The van der Waals surface area contributed by atoms with Crippen molar-refractivity contribution in [2.45, 2.75) is 31.3 Å². The van der Waals surface area contributed by atoms with Crippen LogP contribution in [0.1, 0.15) is 29.6 Å². The molecule has 1 saturated carbocycles. The number of amides is 1. The van der Waals surface area contributed by atoms with Crippen LogP contribution >= 0.6 is 27.3 Å². The van der Waals surface area contributed by atoms with Crippen molar-refractivity contribution in [3.63, 3.8) is 0 Å². The Morgan fingerprint density at radius 3 is 2.94 bits per heavy atom. The lowest BCUT2D eigenvalue weighted by molar-refractivity contribution is 0.0938. The maximum atomic E-state index is 12.0. The molecule has 1 unspecified atom stereocenters. The van der Waals surface area contributed by atoms with Crippen molar-refractivity contribution in [2.75, 3.05) is 13.1 Å². The number of carbonyl (C=O) groups excluding carboxylic acids is 1. The van der Waals surface area contributed by atoms with Gasteiger partial charge >= 0.3 is 0 Å². The normalized spacial score (nSPS) is 25.1. The highest BCUT2D eigenvalue weighted by Gasteiger charge is 2.34. The van der Waals surface area contributed by atoms with Crippen molar-refractivity contribution in [1.82, 2.24) is 10.2 Å². The van der Waals surface area contributed by atoms with Crippen LogP contribution in [0, 0.1) is 0 Å². The van der Waals surface area contributed by atoms with Crippen molar-refractivity contribution in [2.24, 2.45) is 0 Å². The second-order valence-corrected chi connectivity index (χ2v) is 7.12. The van der Waals surface area contributed by atoms with E-state index in [1.165, 1.54) is 12.8 Å². The van der Waals surface area contributed by atoms with Crippen LogP contribution in [0.5, 0.6) is 0 Å². The third-order valence-electron chi connectivity index (χ3n) is 3.45. The van der Waals surface area contributed by atoms with Crippen molar-refractivity contribution in [3.05, 3.63) is 20.8 Å². The van der Waals surface area contributed by atoms with Crippen LogP contribution in [0.4, 0.5) is 0 Å². The van der Waals surface area contributed by atoms with Gasteiger partial charge in [0.1, 0.15) is 0 Å². The summed E-state index contributed by atoms with van der Waals surface area (Å²) in [5.74, 6) is 0.0644. The van der Waals surface area contributed by atoms with Gasteiger partial charge in [0, 0.05) is 30.6 Å². The molecule has 2 fully saturated rings. The van der Waals surface area contributed by atoms with Gasteiger partial charge in [0.15, 0.2) is 0 Å². The van der Waals surface area contributed by atoms with E-state index in [9.17, 15) is 4.79 Å². The lowest BCUT2D eigenvalue weighted by Crippen LogP contribution is -2.37. The fraction of sp³-hybridized carbons (Fsp3) is 0.583. The molecule has 3 rings (SSSR count). The molecule has 0 aromatic carbocycles. The van der Waals surface area contributed by atoms with Crippen LogP contribution in [0.2, 0.25) is 0 Å². The quantitative estimate of drug-likeness (QED) is 0.929. The fourth-order valence-corrected chi connectivity index (χ4v) is 3.51. The number of hydrogen-bond donors (Lipinski definition) is 1. The Balaban J connectivity index is 1.55. The lowest BCUT2D eigenvalue weighted by atomic mass is 10.2. The van der Waals surface area contributed by atoms with Crippen LogP contribution in [0.25, 0.3) is 0 Å². The summed E-state index contributed by atoms with van der Waals surface area (Å²) in [4.78, 5) is 14.5. The molecule has 0 bridgehead atoms. The van der Waals surface area contributed by atoms with Gasteiger partial charge in [-0.25, -0.2) is 0 Å². The summed E-state index contributed by atoms with van der Waals surface area (Å²) in [5.41, 5.74) is 0.770. The highest BCUT2D eigenvalue weighted by molar-refractivity contribution is 9.11. The minimum atomic E-state index is 0.0644. The average molecular weight is 315 g/mol. The Labute approximate surface area is 113 Å². The molecule has 3 nitrogen and oxygen atoms in total. The molecule has 1 N–H and O–H groups in total. The number of carbonyl (C=O) groups is 1. The minimum Gasteiger partial charge on any atom is -0.348 e. The van der Waals surface area contributed by atoms with Gasteiger partial charge in [-0.1, -0.05) is 0 Å². The number of hydrogen-bond acceptors (Lipinski definition) is 3. The number of likely N-dealkylation sites (tertiary alicyclic amines) is 1. The summed E-state index contributed by atoms with van der Waals surface area (Å²) in [6.45, 7) is 2.17. The second kappa shape index (κ2) is 4.71. The van der Waals surface area contributed by atoms with Crippen molar-refractivity contribution >= 4 is 33.2 Å². The van der Waals surface area contributed by atoms with E-state index in [0.29, 0.717) is 6.04 Å². The van der Waals surface area contributed by atoms with E-state index in [4.69, 9.17) is 0 Å². The minimum absolute atomic E-state index is 0.0644. The molecule has 5 heteroatoms. The molecule has 1 aliphatic heterocycles. The molecule has 1 saturated heterocycles. The number of nitrogens with zero attached hydrogens (tertiary/aromatic N) is 1. The van der Waals surface area contributed by atoms with Crippen LogP contribution in [0.3, 0.4) is 0 Å². The van der Waals surface area contributed by atoms with Crippen LogP contribution in [0.15, 0.2) is 15.2 Å². The van der Waals surface area contributed by atoms with Crippen molar-refractivity contribution < 1.29 is 4.79 Å². The van der Waals surface area contributed by atoms with Crippen molar-refractivity contribution in [1.29, 1.82) is 0 Å². The summed E-state index contributed by atoms with van der Waals surface area (Å²) >= 11 is 4.93. The molecule has 17 heavy (non-hydrogen) atoms. The van der Waals surface area contributed by atoms with E-state index >= 15 is 0 Å². The van der Waals surface area contributed by atoms with Crippen LogP contribution < -0.4 is 5.32 Å². The van der Waals surface area contributed by atoms with E-state index in [2.05, 4.69) is 26.1 Å². The summed E-state index contributed by atoms with van der Waals surface area (Å²) in [6.07, 6.45) is 3.78. The highest BCUT2D eigenvalue weighted by atomic mass is 79.9. The molecule has 1 amide bonds. The first-order chi connectivity index (χ1) is 8.22. The molecule has 1 atom stereocenters. The Hall–Kier alpha value is -0.390. The van der Waals surface area contributed by atoms with Gasteiger partial charge in [-0.2, -0.15) is 0 Å². The number of thiophene rings is 1. The number of rotatable bonds is 3. The van der Waals surface area contributed by atoms with Gasteiger partial charge < -0.3 is 5.32 Å². The second-order valence-electron chi connectivity index (χ2n) is 4.82. The highest BCUT2D eigenvalue weighted by Crippen LogP contribution is 2.30. The summed E-state index contributed by atoms with van der Waals surface area (Å²) < 4.78 is 1.01. The number of halogens is 1. The Kier molecular flexibility index (Phi) is 3.23. The zero-order chi connectivity index (χ0) is 11.8. The van der Waals surface area contributed by atoms with E-state index < -0.39 is 0 Å². The van der Waals surface area contributed by atoms with Gasteiger partial charge in [0.25, 0.3) is 5.91 Å². The average Bonchev–Trinajstić information content (AvgIpc) is 2.90. The third kappa shape index (κ3) is 2.72. The molecule has 92 valence electrons. The zero-order valence-corrected chi connectivity index (χ0v) is 11.9. The van der Waals surface area contributed by atoms with Crippen LogP contribution in [-0.2, 0) is 0 Å². The third-order valence-corrected chi connectivity index (χ3v) is 4.95. The van der Waals surface area contributed by atoms with Gasteiger partial charge in [0.05, 0.1) is 9.35 Å².